The predicted molar refractivity (Wildman–Crippen MR) is 27.4 cm³/mol. The zero-order valence-electron chi connectivity index (χ0n) is 3.70. The van der Waals surface area contributed by atoms with Gasteiger partial charge in [-0.15, -0.1) is 0 Å². The molecule has 0 aromatic heterocycles. The summed E-state index contributed by atoms with van der Waals surface area (Å²) in [5.41, 5.74) is 1.20. The van der Waals surface area contributed by atoms with Crippen molar-refractivity contribution in [2.45, 2.75) is 24.9 Å². The van der Waals surface area contributed by atoms with Crippen LogP contribution in [0.3, 0.4) is 0 Å². The van der Waals surface area contributed by atoms with Gasteiger partial charge in [0.25, 0.3) is 0 Å². The van der Waals surface area contributed by atoms with Gasteiger partial charge in [-0.1, -0.05) is 24.9 Å². The van der Waals surface area contributed by atoms with Crippen molar-refractivity contribution in [1.29, 1.82) is 0 Å². The largest absolute Gasteiger partial charge is 0.0654 e. The number of rotatable bonds is 0. The van der Waals surface area contributed by atoms with E-state index >= 15 is 0 Å². The minimum Gasteiger partial charge on any atom is -0.0654 e. The molecule has 0 nitrogen and oxygen atoms in total. The van der Waals surface area contributed by atoms with Gasteiger partial charge in [-0.2, -0.15) is 0 Å². The maximum Gasteiger partial charge on any atom is 0.0228 e. The highest BCUT2D eigenvalue weighted by Crippen LogP contribution is 2.22. The summed E-state index contributed by atoms with van der Waals surface area (Å²) in [5, 5.41) is 0. The van der Waals surface area contributed by atoms with Crippen LogP contribution in [0.1, 0.15) is 13.3 Å². The van der Waals surface area contributed by atoms with E-state index in [9.17, 15) is 0 Å². The van der Waals surface area contributed by atoms with Crippen molar-refractivity contribution in [2.75, 3.05) is 0 Å². The second-order valence-electron chi connectivity index (χ2n) is 2.04. The van der Waals surface area contributed by atoms with Crippen LogP contribution in [0.2, 0.25) is 11.6 Å². The van der Waals surface area contributed by atoms with Crippen molar-refractivity contribution in [3.05, 3.63) is 0 Å². The first-order valence-corrected chi connectivity index (χ1v) is 4.21. The third kappa shape index (κ3) is 0.536. The van der Waals surface area contributed by atoms with E-state index < -0.39 is 0 Å². The normalized spacial score (nSPS) is 41.4. The Kier molecular flexibility index (Phi) is 0.770. The quantitative estimate of drug-likeness (QED) is 0.382. The Morgan fingerprint density at radius 1 is 1.80 bits per heavy atom. The molecule has 1 heterocycles. The molecule has 0 aliphatic carbocycles. The molecule has 30 valence electrons. The summed E-state index contributed by atoms with van der Waals surface area (Å²) in [6, 6.07) is 1.63. The molecule has 1 atom stereocenters. The first-order chi connectivity index (χ1) is 2.39. The molecule has 1 rings (SSSR count). The fourth-order valence-corrected chi connectivity index (χ4v) is 1.84. The molecule has 5 heavy (non-hydrogen) atoms. The third-order valence-electron chi connectivity index (χ3n) is 1.39. The van der Waals surface area contributed by atoms with Crippen LogP contribution in [-0.2, 0) is 0 Å². The minimum absolute atomic E-state index is 0.529. The van der Waals surface area contributed by atoms with Crippen molar-refractivity contribution in [2.24, 2.45) is 0 Å². The van der Waals surface area contributed by atoms with Gasteiger partial charge in [0, 0.05) is 9.52 Å². The van der Waals surface area contributed by atoms with E-state index in [1.165, 1.54) is 5.54 Å². The van der Waals surface area contributed by atoms with Gasteiger partial charge in [-0.05, 0) is 0 Å². The maximum absolute atomic E-state index is 2.37. The van der Waals surface area contributed by atoms with E-state index in [0.29, 0.717) is 9.52 Å². The first-order valence-electron chi connectivity index (χ1n) is 2.39. The van der Waals surface area contributed by atoms with Crippen molar-refractivity contribution >= 4 is 9.52 Å². The average molecular weight is 86.2 g/mol. The van der Waals surface area contributed by atoms with Crippen LogP contribution in [0.25, 0.3) is 0 Å². The molecule has 0 bridgehead atoms. The molecule has 1 aliphatic rings. The highest BCUT2D eigenvalue weighted by Gasteiger charge is 2.10. The van der Waals surface area contributed by atoms with Crippen LogP contribution in [0.5, 0.6) is 0 Å². The van der Waals surface area contributed by atoms with Gasteiger partial charge in [0.05, 0.1) is 0 Å². The Morgan fingerprint density at radius 2 is 2.20 bits per heavy atom. The van der Waals surface area contributed by atoms with Crippen LogP contribution in [0.4, 0.5) is 0 Å². The molecule has 0 radical (unpaired) electrons. The smallest absolute Gasteiger partial charge is 0.0228 e. The van der Waals surface area contributed by atoms with Gasteiger partial charge in [-0.3, -0.25) is 0 Å². The fourth-order valence-electron chi connectivity index (χ4n) is 0.612. The predicted octanol–water partition coefficient (Wildman–Crippen LogP) is 0.786. The van der Waals surface area contributed by atoms with E-state index in [2.05, 4.69) is 6.92 Å². The lowest BCUT2D eigenvalue weighted by Crippen LogP contribution is -2.09. The monoisotopic (exact) mass is 86.1 g/mol. The second kappa shape index (κ2) is 1.13. The van der Waals surface area contributed by atoms with Crippen molar-refractivity contribution < 1.29 is 0 Å². The molecular weight excluding hydrogens is 76.1 g/mol. The van der Waals surface area contributed by atoms with Gasteiger partial charge in [0.2, 0.25) is 0 Å². The molecule has 1 fully saturated rings. The van der Waals surface area contributed by atoms with Gasteiger partial charge in [0.1, 0.15) is 0 Å². The van der Waals surface area contributed by atoms with Crippen LogP contribution >= 0.6 is 0 Å². The Labute approximate surface area is 35.4 Å². The van der Waals surface area contributed by atoms with Crippen molar-refractivity contribution in [1.82, 2.24) is 0 Å². The Morgan fingerprint density at radius 3 is 2.20 bits per heavy atom. The number of hydrogen-bond donors (Lipinski definition) is 0. The molecule has 0 saturated carbocycles. The van der Waals surface area contributed by atoms with Gasteiger partial charge < -0.3 is 0 Å². The summed E-state index contributed by atoms with van der Waals surface area (Å²) in [4.78, 5) is 0. The maximum atomic E-state index is 2.37. The van der Waals surface area contributed by atoms with E-state index in [1.807, 2.05) is 0 Å². The Balaban J connectivity index is 2.08. The molecule has 0 aromatic carbocycles. The van der Waals surface area contributed by atoms with E-state index in [0.717, 1.165) is 0 Å². The van der Waals surface area contributed by atoms with Crippen molar-refractivity contribution in [3.63, 3.8) is 0 Å². The Bertz CT molecular complexity index is 30.6. The lowest BCUT2D eigenvalue weighted by molar-refractivity contribution is 0.785. The van der Waals surface area contributed by atoms with Crippen LogP contribution in [0, 0.1) is 0 Å². The molecule has 0 N–H and O–H groups in total. The summed E-state index contributed by atoms with van der Waals surface area (Å²) < 4.78 is 0. The van der Waals surface area contributed by atoms with Gasteiger partial charge in [-0.25, -0.2) is 0 Å². The van der Waals surface area contributed by atoms with Crippen molar-refractivity contribution in [3.8, 4) is 0 Å². The zero-order valence-corrected chi connectivity index (χ0v) is 5.11. The average Bonchev–Trinajstić information content (AvgIpc) is 1.30. The van der Waals surface area contributed by atoms with Gasteiger partial charge >= 0.3 is 0 Å². The first kappa shape index (κ1) is 3.41. The molecule has 0 aromatic rings. The van der Waals surface area contributed by atoms with Crippen LogP contribution < -0.4 is 0 Å². The number of hydrogen-bond acceptors (Lipinski definition) is 0. The molecule has 1 unspecified atom stereocenters. The standard InChI is InChI=1S/C4H10Si/c1-4-2-3-5-4/h4H,2-3,5H2,1H3. The molecule has 1 heteroatoms. The third-order valence-corrected chi connectivity index (χ3v) is 3.60. The van der Waals surface area contributed by atoms with E-state index in [-0.39, 0.29) is 0 Å². The molecule has 1 saturated heterocycles. The summed E-state index contributed by atoms with van der Waals surface area (Å²) in [6.07, 6.45) is 1.55. The van der Waals surface area contributed by atoms with E-state index in [4.69, 9.17) is 0 Å². The lowest BCUT2D eigenvalue weighted by atomic mass is 10.3. The molecule has 1 aliphatic heterocycles. The molecule has 0 amide bonds. The second-order valence-corrected chi connectivity index (χ2v) is 4.71. The fraction of sp³-hybridized carbons (Fsp3) is 1.00. The SMILES string of the molecule is CC1CC[SiH2]1. The molecule has 0 spiro atoms. The lowest BCUT2D eigenvalue weighted by Gasteiger charge is -2.18. The summed E-state index contributed by atoms with van der Waals surface area (Å²) >= 11 is 0. The summed E-state index contributed by atoms with van der Waals surface area (Å²) in [6.45, 7) is 2.37. The highest BCUT2D eigenvalue weighted by molar-refractivity contribution is 6.41. The van der Waals surface area contributed by atoms with E-state index in [1.54, 1.807) is 12.5 Å². The van der Waals surface area contributed by atoms with Gasteiger partial charge in [0.15, 0.2) is 0 Å². The Hall–Kier alpha value is 0.217. The zero-order chi connectivity index (χ0) is 3.70. The minimum atomic E-state index is 0.529. The molecular formula is C4H10Si. The topological polar surface area (TPSA) is 0 Å². The summed E-state index contributed by atoms with van der Waals surface area (Å²) in [7, 11) is 0.529. The highest BCUT2D eigenvalue weighted by atomic mass is 28.2. The van der Waals surface area contributed by atoms with Crippen LogP contribution in [-0.4, -0.2) is 9.52 Å². The summed E-state index contributed by atoms with van der Waals surface area (Å²) in [5.74, 6) is 0. The van der Waals surface area contributed by atoms with Crippen LogP contribution in [0.15, 0.2) is 0 Å².